The van der Waals surface area contributed by atoms with E-state index in [4.69, 9.17) is 0 Å². The van der Waals surface area contributed by atoms with E-state index in [1.165, 1.54) is 12.1 Å². The summed E-state index contributed by atoms with van der Waals surface area (Å²) in [5.74, 6) is -2.06. The standard InChI is InChI=1S/C15H11NO5/c1-9-5-7-10(8-6-9)14(17)11-3-2-4-12(16(20)21)13(11)15(18)19/h2-8H,1H3,(H,18,19). The van der Waals surface area contributed by atoms with E-state index in [2.05, 4.69) is 0 Å². The predicted octanol–water partition coefficient (Wildman–Crippen LogP) is 2.83. The second-order valence-corrected chi connectivity index (χ2v) is 4.46. The highest BCUT2D eigenvalue weighted by atomic mass is 16.6. The Morgan fingerprint density at radius 3 is 2.24 bits per heavy atom. The molecule has 0 spiro atoms. The van der Waals surface area contributed by atoms with Crippen LogP contribution >= 0.6 is 0 Å². The fourth-order valence-electron chi connectivity index (χ4n) is 1.97. The van der Waals surface area contributed by atoms with E-state index in [-0.39, 0.29) is 11.1 Å². The molecule has 21 heavy (non-hydrogen) atoms. The Balaban J connectivity index is 2.60. The van der Waals surface area contributed by atoms with Crippen molar-refractivity contribution in [2.45, 2.75) is 6.92 Å². The van der Waals surface area contributed by atoms with Gasteiger partial charge in [-0.2, -0.15) is 0 Å². The highest BCUT2D eigenvalue weighted by molar-refractivity contribution is 6.15. The first-order valence-corrected chi connectivity index (χ1v) is 6.04. The zero-order chi connectivity index (χ0) is 15.6. The molecule has 0 aliphatic carbocycles. The van der Waals surface area contributed by atoms with Gasteiger partial charge in [-0.1, -0.05) is 35.9 Å². The van der Waals surface area contributed by atoms with Crippen molar-refractivity contribution in [3.63, 3.8) is 0 Å². The van der Waals surface area contributed by atoms with Gasteiger partial charge in [-0.25, -0.2) is 4.79 Å². The molecule has 106 valence electrons. The molecule has 1 N–H and O–H groups in total. The number of nitro benzene ring substituents is 1. The minimum absolute atomic E-state index is 0.194. The van der Waals surface area contributed by atoms with Gasteiger partial charge in [0.2, 0.25) is 0 Å². The highest BCUT2D eigenvalue weighted by Gasteiger charge is 2.27. The van der Waals surface area contributed by atoms with E-state index in [1.54, 1.807) is 24.3 Å². The molecule has 0 radical (unpaired) electrons. The number of ketones is 1. The molecular weight excluding hydrogens is 274 g/mol. The Morgan fingerprint density at radius 2 is 1.71 bits per heavy atom. The van der Waals surface area contributed by atoms with Gasteiger partial charge in [-0.3, -0.25) is 14.9 Å². The minimum atomic E-state index is -1.50. The van der Waals surface area contributed by atoms with Gasteiger partial charge in [-0.15, -0.1) is 0 Å². The molecule has 0 heterocycles. The zero-order valence-electron chi connectivity index (χ0n) is 11.1. The number of hydrogen-bond donors (Lipinski definition) is 1. The molecule has 0 atom stereocenters. The monoisotopic (exact) mass is 285 g/mol. The van der Waals surface area contributed by atoms with Crippen LogP contribution in [-0.4, -0.2) is 21.8 Å². The minimum Gasteiger partial charge on any atom is -0.477 e. The normalized spacial score (nSPS) is 10.1. The van der Waals surface area contributed by atoms with Crippen LogP contribution in [0.1, 0.15) is 31.8 Å². The topological polar surface area (TPSA) is 97.5 Å². The van der Waals surface area contributed by atoms with Gasteiger partial charge in [0.15, 0.2) is 5.78 Å². The van der Waals surface area contributed by atoms with Crippen molar-refractivity contribution in [1.29, 1.82) is 0 Å². The number of aromatic carboxylic acids is 1. The van der Waals surface area contributed by atoms with Crippen LogP contribution in [0.5, 0.6) is 0 Å². The van der Waals surface area contributed by atoms with Crippen LogP contribution in [0.4, 0.5) is 5.69 Å². The quantitative estimate of drug-likeness (QED) is 0.529. The van der Waals surface area contributed by atoms with Gasteiger partial charge in [0.05, 0.1) is 4.92 Å². The summed E-state index contributed by atoms with van der Waals surface area (Å²) in [7, 11) is 0. The number of aryl methyl sites for hydroxylation is 1. The lowest BCUT2D eigenvalue weighted by Gasteiger charge is -2.06. The zero-order valence-corrected chi connectivity index (χ0v) is 11.1. The number of benzene rings is 2. The van der Waals surface area contributed by atoms with Crippen molar-refractivity contribution in [1.82, 2.24) is 0 Å². The number of hydrogen-bond acceptors (Lipinski definition) is 4. The van der Waals surface area contributed by atoms with E-state index >= 15 is 0 Å². The average molecular weight is 285 g/mol. The molecule has 0 aromatic heterocycles. The maximum atomic E-state index is 12.4. The van der Waals surface area contributed by atoms with Crippen LogP contribution in [0.2, 0.25) is 0 Å². The molecule has 0 amide bonds. The number of carboxylic acid groups (broad SMARTS) is 1. The van der Waals surface area contributed by atoms with Gasteiger partial charge in [0.1, 0.15) is 5.56 Å². The first-order chi connectivity index (χ1) is 9.91. The Labute approximate surface area is 119 Å². The van der Waals surface area contributed by atoms with Gasteiger partial charge < -0.3 is 5.11 Å². The van der Waals surface area contributed by atoms with E-state index in [0.717, 1.165) is 11.6 Å². The molecule has 0 fully saturated rings. The van der Waals surface area contributed by atoms with E-state index in [0.29, 0.717) is 0 Å². The van der Waals surface area contributed by atoms with Gasteiger partial charge in [0, 0.05) is 17.2 Å². The van der Waals surface area contributed by atoms with Crippen molar-refractivity contribution in [3.05, 3.63) is 74.8 Å². The number of carboxylic acids is 1. The van der Waals surface area contributed by atoms with Gasteiger partial charge >= 0.3 is 5.97 Å². The van der Waals surface area contributed by atoms with Crippen molar-refractivity contribution < 1.29 is 19.6 Å². The van der Waals surface area contributed by atoms with E-state index < -0.39 is 27.9 Å². The summed E-state index contributed by atoms with van der Waals surface area (Å²) >= 11 is 0. The van der Waals surface area contributed by atoms with Gasteiger partial charge in [-0.05, 0) is 13.0 Å². The molecule has 6 nitrogen and oxygen atoms in total. The highest BCUT2D eigenvalue weighted by Crippen LogP contribution is 2.24. The summed E-state index contributed by atoms with van der Waals surface area (Å²) in [6, 6.07) is 10.2. The molecule has 2 aromatic rings. The fraction of sp³-hybridized carbons (Fsp3) is 0.0667. The molecule has 2 aromatic carbocycles. The smallest absolute Gasteiger partial charge is 0.343 e. The Morgan fingerprint density at radius 1 is 1.10 bits per heavy atom. The number of carbonyl (C=O) groups excluding carboxylic acids is 1. The SMILES string of the molecule is Cc1ccc(C(=O)c2cccc([N+](=O)[O-])c2C(=O)O)cc1. The number of rotatable bonds is 4. The van der Waals surface area contributed by atoms with Crippen molar-refractivity contribution >= 4 is 17.4 Å². The molecule has 0 aliphatic heterocycles. The summed E-state index contributed by atoms with van der Waals surface area (Å²) in [4.78, 5) is 33.8. The summed E-state index contributed by atoms with van der Waals surface area (Å²) < 4.78 is 0. The predicted molar refractivity (Wildman–Crippen MR) is 74.7 cm³/mol. The summed E-state index contributed by atoms with van der Waals surface area (Å²) in [5, 5.41) is 20.1. The summed E-state index contributed by atoms with van der Waals surface area (Å²) in [5.41, 5.74) is -0.151. The third-order valence-corrected chi connectivity index (χ3v) is 3.01. The number of nitro groups is 1. The third-order valence-electron chi connectivity index (χ3n) is 3.01. The molecule has 0 unspecified atom stereocenters. The van der Waals surface area contributed by atoms with Crippen LogP contribution in [0.3, 0.4) is 0 Å². The Hall–Kier alpha value is -3.02. The number of nitrogens with zero attached hydrogens (tertiary/aromatic N) is 1. The van der Waals surface area contributed by atoms with E-state index in [9.17, 15) is 24.8 Å². The molecule has 0 saturated carbocycles. The van der Waals surface area contributed by atoms with Crippen molar-refractivity contribution in [2.24, 2.45) is 0 Å². The van der Waals surface area contributed by atoms with Crippen LogP contribution in [0, 0.1) is 17.0 Å². The molecule has 0 aliphatic rings. The molecule has 0 bridgehead atoms. The largest absolute Gasteiger partial charge is 0.477 e. The molecule has 6 heteroatoms. The lowest BCUT2D eigenvalue weighted by molar-refractivity contribution is -0.385. The Kier molecular flexibility index (Phi) is 3.80. The fourth-order valence-corrected chi connectivity index (χ4v) is 1.97. The summed E-state index contributed by atoms with van der Waals surface area (Å²) in [6.07, 6.45) is 0. The van der Waals surface area contributed by atoms with Crippen LogP contribution in [0.25, 0.3) is 0 Å². The first-order valence-electron chi connectivity index (χ1n) is 6.04. The van der Waals surface area contributed by atoms with Crippen LogP contribution < -0.4 is 0 Å². The third kappa shape index (κ3) is 2.79. The van der Waals surface area contributed by atoms with Gasteiger partial charge in [0.25, 0.3) is 5.69 Å². The van der Waals surface area contributed by atoms with Crippen LogP contribution in [0.15, 0.2) is 42.5 Å². The maximum absolute atomic E-state index is 12.4. The average Bonchev–Trinajstić information content (AvgIpc) is 2.46. The second-order valence-electron chi connectivity index (χ2n) is 4.46. The van der Waals surface area contributed by atoms with E-state index in [1.807, 2.05) is 6.92 Å². The maximum Gasteiger partial charge on any atom is 0.343 e. The lowest BCUT2D eigenvalue weighted by Crippen LogP contribution is -2.12. The van der Waals surface area contributed by atoms with Crippen molar-refractivity contribution in [2.75, 3.05) is 0 Å². The van der Waals surface area contributed by atoms with Crippen LogP contribution in [-0.2, 0) is 0 Å². The first kappa shape index (κ1) is 14.4. The second kappa shape index (κ2) is 5.54. The lowest BCUT2D eigenvalue weighted by atomic mass is 9.96. The molecular formula is C15H11NO5. The molecule has 0 saturated heterocycles. The molecule has 2 rings (SSSR count). The Bertz CT molecular complexity index is 734. The summed E-state index contributed by atoms with van der Waals surface area (Å²) in [6.45, 7) is 1.85. The number of carbonyl (C=O) groups is 2. The van der Waals surface area contributed by atoms with Crippen molar-refractivity contribution in [3.8, 4) is 0 Å².